The fourth-order valence-electron chi connectivity index (χ4n) is 1.50. The van der Waals surface area contributed by atoms with Crippen LogP contribution < -0.4 is 0 Å². The normalized spacial score (nSPS) is 11.0. The molecule has 0 aliphatic heterocycles. The van der Waals surface area contributed by atoms with Gasteiger partial charge in [0.1, 0.15) is 12.2 Å². The Balaban J connectivity index is 2.27. The molecule has 4 nitrogen and oxygen atoms in total. The summed E-state index contributed by atoms with van der Waals surface area (Å²) >= 11 is 1.38. The van der Waals surface area contributed by atoms with Crippen LogP contribution in [0.25, 0.3) is 16.2 Å². The average molecular weight is 216 g/mol. The number of hydrogen-bond donors (Lipinski definition) is 0. The van der Waals surface area contributed by atoms with Gasteiger partial charge in [0.25, 0.3) is 0 Å². The van der Waals surface area contributed by atoms with E-state index in [9.17, 15) is 0 Å². The lowest BCUT2D eigenvalue weighted by Gasteiger charge is -1.96. The van der Waals surface area contributed by atoms with Crippen LogP contribution in [0.2, 0.25) is 0 Å². The molecule has 1 aromatic carbocycles. The van der Waals surface area contributed by atoms with Crippen molar-refractivity contribution in [2.24, 2.45) is 0 Å². The van der Waals surface area contributed by atoms with E-state index >= 15 is 0 Å². The standard InChI is InChI=1S/C10H8N4S/c1-7-12-10(15-13-7)14-6-11-8-4-2-3-5-9(8)14/h2-6H,1H3. The molecular weight excluding hydrogens is 208 g/mol. The van der Waals surface area contributed by atoms with E-state index in [0.717, 1.165) is 22.0 Å². The molecule has 2 heterocycles. The molecule has 0 aliphatic carbocycles. The lowest BCUT2D eigenvalue weighted by molar-refractivity contribution is 1.03. The van der Waals surface area contributed by atoms with Gasteiger partial charge in [-0.1, -0.05) is 12.1 Å². The number of nitrogens with zero attached hydrogens (tertiary/aromatic N) is 4. The first-order valence-corrected chi connectivity index (χ1v) is 5.35. The number of aromatic nitrogens is 4. The van der Waals surface area contributed by atoms with Gasteiger partial charge < -0.3 is 0 Å². The Bertz CT molecular complexity index is 610. The second-order valence-electron chi connectivity index (χ2n) is 3.23. The van der Waals surface area contributed by atoms with Crippen LogP contribution in [0.3, 0.4) is 0 Å². The maximum absolute atomic E-state index is 4.33. The summed E-state index contributed by atoms with van der Waals surface area (Å²) in [6.07, 6.45) is 1.78. The fourth-order valence-corrected chi connectivity index (χ4v) is 2.16. The SMILES string of the molecule is Cc1nsc(-n2cnc3ccccc32)n1. The van der Waals surface area contributed by atoms with Crippen LogP contribution in [0, 0.1) is 6.92 Å². The molecule has 0 fully saturated rings. The van der Waals surface area contributed by atoms with Crippen molar-refractivity contribution < 1.29 is 0 Å². The van der Waals surface area contributed by atoms with E-state index in [1.165, 1.54) is 11.5 Å². The molecule has 0 N–H and O–H groups in total. The number of benzene rings is 1. The van der Waals surface area contributed by atoms with Gasteiger partial charge in [-0.05, 0) is 19.1 Å². The van der Waals surface area contributed by atoms with Crippen LogP contribution in [0.1, 0.15) is 5.82 Å². The second-order valence-corrected chi connectivity index (χ2v) is 3.96. The Hall–Kier alpha value is -1.75. The van der Waals surface area contributed by atoms with Crippen LogP contribution in [0.15, 0.2) is 30.6 Å². The number of imidazole rings is 1. The molecule has 0 bridgehead atoms. The summed E-state index contributed by atoms with van der Waals surface area (Å²) in [5.41, 5.74) is 2.04. The molecule has 2 aromatic heterocycles. The summed E-state index contributed by atoms with van der Waals surface area (Å²) < 4.78 is 6.12. The Labute approximate surface area is 90.4 Å². The van der Waals surface area contributed by atoms with E-state index in [2.05, 4.69) is 14.3 Å². The Morgan fingerprint density at radius 3 is 2.93 bits per heavy atom. The first-order chi connectivity index (χ1) is 7.34. The summed E-state index contributed by atoms with van der Waals surface area (Å²) in [5.74, 6) is 0.799. The minimum absolute atomic E-state index is 0.799. The van der Waals surface area contributed by atoms with Gasteiger partial charge in [0.2, 0.25) is 5.13 Å². The lowest BCUT2D eigenvalue weighted by atomic mass is 10.3. The van der Waals surface area contributed by atoms with Gasteiger partial charge in [-0.2, -0.15) is 4.37 Å². The van der Waals surface area contributed by atoms with Crippen LogP contribution >= 0.6 is 11.5 Å². The zero-order valence-corrected chi connectivity index (χ0v) is 8.90. The van der Waals surface area contributed by atoms with Gasteiger partial charge in [-0.15, -0.1) is 0 Å². The molecule has 0 unspecified atom stereocenters. The third-order valence-corrected chi connectivity index (χ3v) is 2.98. The van der Waals surface area contributed by atoms with Crippen molar-refractivity contribution in [1.82, 2.24) is 18.9 Å². The number of hydrogen-bond acceptors (Lipinski definition) is 4. The van der Waals surface area contributed by atoms with Crippen molar-refractivity contribution in [1.29, 1.82) is 0 Å². The summed E-state index contributed by atoms with van der Waals surface area (Å²) in [5, 5.41) is 0.862. The maximum atomic E-state index is 4.33. The van der Waals surface area contributed by atoms with Gasteiger partial charge in [-0.25, -0.2) is 9.97 Å². The number of rotatable bonds is 1. The highest BCUT2D eigenvalue weighted by Gasteiger charge is 2.07. The fraction of sp³-hybridized carbons (Fsp3) is 0.100. The van der Waals surface area contributed by atoms with Gasteiger partial charge in [0.15, 0.2) is 0 Å². The maximum Gasteiger partial charge on any atom is 0.215 e. The zero-order chi connectivity index (χ0) is 10.3. The molecule has 3 rings (SSSR count). The van der Waals surface area contributed by atoms with Crippen molar-refractivity contribution in [3.63, 3.8) is 0 Å². The molecule has 0 aliphatic rings. The third kappa shape index (κ3) is 1.32. The van der Waals surface area contributed by atoms with Crippen LogP contribution in [-0.2, 0) is 0 Å². The quantitative estimate of drug-likeness (QED) is 0.626. The second kappa shape index (κ2) is 3.13. The number of para-hydroxylation sites is 2. The van der Waals surface area contributed by atoms with E-state index in [1.54, 1.807) is 6.33 Å². The topological polar surface area (TPSA) is 43.6 Å². The Morgan fingerprint density at radius 2 is 2.13 bits per heavy atom. The highest BCUT2D eigenvalue weighted by molar-refractivity contribution is 7.08. The number of fused-ring (bicyclic) bond motifs is 1. The van der Waals surface area contributed by atoms with Crippen molar-refractivity contribution in [2.75, 3.05) is 0 Å². The van der Waals surface area contributed by atoms with Gasteiger partial charge in [0, 0.05) is 11.5 Å². The highest BCUT2D eigenvalue weighted by atomic mass is 32.1. The highest BCUT2D eigenvalue weighted by Crippen LogP contribution is 2.18. The van der Waals surface area contributed by atoms with E-state index in [-0.39, 0.29) is 0 Å². The smallest absolute Gasteiger partial charge is 0.215 e. The number of aryl methyl sites for hydroxylation is 1. The van der Waals surface area contributed by atoms with Crippen LogP contribution in [0.5, 0.6) is 0 Å². The van der Waals surface area contributed by atoms with Gasteiger partial charge in [0.05, 0.1) is 11.0 Å². The molecule has 0 amide bonds. The molecule has 15 heavy (non-hydrogen) atoms. The molecule has 0 saturated carbocycles. The van der Waals surface area contributed by atoms with Gasteiger partial charge in [-0.3, -0.25) is 4.57 Å². The first kappa shape index (κ1) is 8.55. The first-order valence-electron chi connectivity index (χ1n) is 4.57. The average Bonchev–Trinajstić information content (AvgIpc) is 2.83. The molecule has 5 heteroatoms. The van der Waals surface area contributed by atoms with Gasteiger partial charge >= 0.3 is 0 Å². The summed E-state index contributed by atoms with van der Waals surface area (Å²) in [7, 11) is 0. The van der Waals surface area contributed by atoms with E-state index in [1.807, 2.05) is 35.8 Å². The third-order valence-electron chi connectivity index (χ3n) is 2.18. The predicted octanol–water partition coefficient (Wildman–Crippen LogP) is 2.19. The van der Waals surface area contributed by atoms with Crippen LogP contribution in [-0.4, -0.2) is 18.9 Å². The van der Waals surface area contributed by atoms with E-state index in [4.69, 9.17) is 0 Å². The minimum atomic E-state index is 0.799. The van der Waals surface area contributed by atoms with E-state index < -0.39 is 0 Å². The molecule has 0 radical (unpaired) electrons. The Kier molecular flexibility index (Phi) is 1.78. The van der Waals surface area contributed by atoms with Crippen LogP contribution in [0.4, 0.5) is 0 Å². The summed E-state index contributed by atoms with van der Waals surface area (Å²) in [6.45, 7) is 1.89. The molecule has 0 saturated heterocycles. The largest absolute Gasteiger partial charge is 0.273 e. The summed E-state index contributed by atoms with van der Waals surface area (Å²) in [6, 6.07) is 7.98. The van der Waals surface area contributed by atoms with E-state index in [0.29, 0.717) is 0 Å². The van der Waals surface area contributed by atoms with Crippen molar-refractivity contribution in [2.45, 2.75) is 6.92 Å². The minimum Gasteiger partial charge on any atom is -0.273 e. The summed E-state index contributed by atoms with van der Waals surface area (Å²) in [4.78, 5) is 8.64. The van der Waals surface area contributed by atoms with Crippen molar-refractivity contribution >= 4 is 22.6 Å². The molecule has 0 spiro atoms. The molecule has 0 atom stereocenters. The molecule has 3 aromatic rings. The van der Waals surface area contributed by atoms with Crippen molar-refractivity contribution in [3.05, 3.63) is 36.4 Å². The lowest BCUT2D eigenvalue weighted by Crippen LogP contribution is -1.90. The molecule has 74 valence electrons. The monoisotopic (exact) mass is 216 g/mol. The van der Waals surface area contributed by atoms with Crippen molar-refractivity contribution in [3.8, 4) is 5.13 Å². The predicted molar refractivity (Wildman–Crippen MR) is 59.3 cm³/mol. The molecular formula is C10H8N4S. The Morgan fingerprint density at radius 1 is 1.27 bits per heavy atom. The zero-order valence-electron chi connectivity index (χ0n) is 8.08.